The Labute approximate surface area is 249 Å². The Morgan fingerprint density at radius 1 is 0.884 bits per heavy atom. The Morgan fingerprint density at radius 2 is 1.47 bits per heavy atom. The molecule has 1 aliphatic heterocycles. The minimum atomic E-state index is -3.86. The van der Waals surface area contributed by atoms with Gasteiger partial charge in [-0.15, -0.1) is 0 Å². The van der Waals surface area contributed by atoms with Crippen molar-refractivity contribution >= 4 is 33.4 Å². The molecule has 0 bridgehead atoms. The number of anilines is 1. The zero-order chi connectivity index (χ0) is 31.6. The standard InChI is InChI=1S/C28H31FN2O5S.C2H2O4/c1-35-25-10-12-27(13-11-25)37(33,34)31(24-4-3-5-26(20-24)36-2)19-18-30-16-14-22(15-17-30)28(32)21-6-8-23(29)9-7-21;3-1(4)2(5)6/h3-13,20,22H,14-19H2,1-2H3;(H,3,4)(H,5,6). The van der Waals surface area contributed by atoms with E-state index in [1.54, 1.807) is 43.5 Å². The molecule has 3 aromatic rings. The minimum absolute atomic E-state index is 0.0275. The lowest BCUT2D eigenvalue weighted by Gasteiger charge is -2.33. The smallest absolute Gasteiger partial charge is 0.414 e. The number of rotatable bonds is 10. The van der Waals surface area contributed by atoms with Gasteiger partial charge in [0.15, 0.2) is 5.78 Å². The Balaban J connectivity index is 0.000000765. The van der Waals surface area contributed by atoms with Crippen LogP contribution in [0.25, 0.3) is 0 Å². The van der Waals surface area contributed by atoms with Gasteiger partial charge in [-0.25, -0.2) is 22.4 Å². The number of methoxy groups -OCH3 is 2. The van der Waals surface area contributed by atoms with Crippen LogP contribution in [0.2, 0.25) is 0 Å². The molecule has 0 amide bonds. The monoisotopic (exact) mass is 616 g/mol. The third kappa shape index (κ3) is 9.00. The predicted octanol–water partition coefficient (Wildman–Crippen LogP) is 3.79. The van der Waals surface area contributed by atoms with Gasteiger partial charge in [-0.05, 0) is 86.6 Å². The number of benzene rings is 3. The van der Waals surface area contributed by atoms with Crippen LogP contribution in [0.3, 0.4) is 0 Å². The molecular weight excluding hydrogens is 583 g/mol. The van der Waals surface area contributed by atoms with Crippen LogP contribution in [0.4, 0.5) is 10.1 Å². The maximum absolute atomic E-state index is 13.7. The molecule has 1 aliphatic rings. The van der Waals surface area contributed by atoms with Crippen molar-refractivity contribution in [3.05, 3.63) is 84.2 Å². The van der Waals surface area contributed by atoms with Gasteiger partial charge in [-0.3, -0.25) is 9.10 Å². The molecule has 4 rings (SSSR count). The van der Waals surface area contributed by atoms with Crippen LogP contribution in [0.15, 0.2) is 77.7 Å². The fourth-order valence-corrected chi connectivity index (χ4v) is 5.98. The van der Waals surface area contributed by atoms with Gasteiger partial charge in [0, 0.05) is 30.6 Å². The Hall–Kier alpha value is -4.49. The molecule has 0 aromatic heterocycles. The summed E-state index contributed by atoms with van der Waals surface area (Å²) in [7, 11) is -0.787. The number of halogens is 1. The highest BCUT2D eigenvalue weighted by Gasteiger charge is 2.29. The number of carbonyl (C=O) groups excluding carboxylic acids is 1. The van der Waals surface area contributed by atoms with Crippen molar-refractivity contribution in [1.82, 2.24) is 4.90 Å². The number of ether oxygens (including phenoxy) is 2. The van der Waals surface area contributed by atoms with Gasteiger partial charge in [0.25, 0.3) is 10.0 Å². The third-order valence-corrected chi connectivity index (χ3v) is 8.72. The lowest BCUT2D eigenvalue weighted by atomic mass is 9.89. The van der Waals surface area contributed by atoms with E-state index in [4.69, 9.17) is 29.3 Å². The number of ketones is 1. The fraction of sp³-hybridized carbons (Fsp3) is 0.300. The van der Waals surface area contributed by atoms with Gasteiger partial charge < -0.3 is 24.6 Å². The van der Waals surface area contributed by atoms with Crippen molar-refractivity contribution in [2.75, 3.05) is 44.7 Å². The van der Waals surface area contributed by atoms with Crippen molar-refractivity contribution in [3.8, 4) is 11.5 Å². The second-order valence-corrected chi connectivity index (χ2v) is 11.4. The maximum Gasteiger partial charge on any atom is 0.414 e. The van der Waals surface area contributed by atoms with Gasteiger partial charge in [0.05, 0.1) is 24.8 Å². The molecule has 0 radical (unpaired) electrons. The molecule has 13 heteroatoms. The molecule has 0 atom stereocenters. The maximum atomic E-state index is 13.7. The first-order valence-electron chi connectivity index (χ1n) is 13.3. The molecule has 0 unspecified atom stereocenters. The number of aliphatic carboxylic acids is 2. The highest BCUT2D eigenvalue weighted by Crippen LogP contribution is 2.29. The molecule has 11 nitrogen and oxygen atoms in total. The van der Waals surface area contributed by atoms with Crippen molar-refractivity contribution in [3.63, 3.8) is 0 Å². The van der Waals surface area contributed by atoms with Gasteiger partial charge in [0.2, 0.25) is 0 Å². The van der Waals surface area contributed by atoms with E-state index in [1.807, 2.05) is 0 Å². The molecule has 1 fully saturated rings. The van der Waals surface area contributed by atoms with Crippen LogP contribution in [0, 0.1) is 11.7 Å². The summed E-state index contributed by atoms with van der Waals surface area (Å²) in [5.74, 6) is -2.97. The fourth-order valence-electron chi connectivity index (χ4n) is 4.53. The van der Waals surface area contributed by atoms with Crippen molar-refractivity contribution in [1.29, 1.82) is 0 Å². The molecule has 1 saturated heterocycles. The SMILES string of the molecule is COc1ccc(S(=O)(=O)N(CCN2CCC(C(=O)c3ccc(F)cc3)CC2)c2cccc(OC)c2)cc1.O=C(O)C(=O)O. The van der Waals surface area contributed by atoms with Crippen LogP contribution in [-0.4, -0.2) is 81.7 Å². The second kappa shape index (κ2) is 15.1. The minimum Gasteiger partial charge on any atom is -0.497 e. The molecule has 230 valence electrons. The first-order valence-corrected chi connectivity index (χ1v) is 14.7. The number of carboxylic acid groups (broad SMARTS) is 2. The van der Waals surface area contributed by atoms with Crippen LogP contribution < -0.4 is 13.8 Å². The van der Waals surface area contributed by atoms with E-state index in [1.165, 1.54) is 47.8 Å². The summed E-state index contributed by atoms with van der Waals surface area (Å²) >= 11 is 0. The topological polar surface area (TPSA) is 151 Å². The summed E-state index contributed by atoms with van der Waals surface area (Å²) in [4.78, 5) is 33.4. The molecule has 1 heterocycles. The highest BCUT2D eigenvalue weighted by molar-refractivity contribution is 7.92. The quantitative estimate of drug-likeness (QED) is 0.254. The number of carbonyl (C=O) groups is 3. The van der Waals surface area contributed by atoms with E-state index in [-0.39, 0.29) is 29.0 Å². The predicted molar refractivity (Wildman–Crippen MR) is 156 cm³/mol. The zero-order valence-corrected chi connectivity index (χ0v) is 24.5. The van der Waals surface area contributed by atoms with Gasteiger partial charge in [-0.2, -0.15) is 0 Å². The Morgan fingerprint density at radius 3 is 2.00 bits per heavy atom. The van der Waals surface area contributed by atoms with Crippen molar-refractivity contribution < 1.29 is 46.9 Å². The van der Waals surface area contributed by atoms with E-state index in [0.29, 0.717) is 55.2 Å². The highest BCUT2D eigenvalue weighted by atomic mass is 32.2. The number of carboxylic acids is 2. The van der Waals surface area contributed by atoms with E-state index in [9.17, 15) is 17.6 Å². The summed E-state index contributed by atoms with van der Waals surface area (Å²) in [6.45, 7) is 2.08. The summed E-state index contributed by atoms with van der Waals surface area (Å²) in [6.07, 6.45) is 1.33. The summed E-state index contributed by atoms with van der Waals surface area (Å²) in [6, 6.07) is 19.0. The lowest BCUT2D eigenvalue weighted by molar-refractivity contribution is -0.159. The van der Waals surface area contributed by atoms with Gasteiger partial charge in [-0.1, -0.05) is 6.07 Å². The van der Waals surface area contributed by atoms with Gasteiger partial charge >= 0.3 is 11.9 Å². The number of nitrogens with zero attached hydrogens (tertiary/aromatic N) is 2. The second-order valence-electron chi connectivity index (χ2n) is 9.55. The summed E-state index contributed by atoms with van der Waals surface area (Å²) in [5.41, 5.74) is 1.03. The van der Waals surface area contributed by atoms with E-state index in [2.05, 4.69) is 4.90 Å². The Kier molecular flexibility index (Phi) is 11.6. The average Bonchev–Trinajstić information content (AvgIpc) is 3.01. The number of piperidine rings is 1. The Bertz CT molecular complexity index is 1490. The lowest BCUT2D eigenvalue weighted by Crippen LogP contribution is -2.42. The number of hydrogen-bond acceptors (Lipinski definition) is 8. The van der Waals surface area contributed by atoms with Crippen LogP contribution in [0.5, 0.6) is 11.5 Å². The van der Waals surface area contributed by atoms with E-state index in [0.717, 1.165) is 0 Å². The number of likely N-dealkylation sites (tertiary alicyclic amines) is 1. The molecule has 0 aliphatic carbocycles. The first-order chi connectivity index (χ1) is 20.5. The van der Waals surface area contributed by atoms with E-state index >= 15 is 0 Å². The van der Waals surface area contributed by atoms with Crippen molar-refractivity contribution in [2.24, 2.45) is 5.92 Å². The molecule has 43 heavy (non-hydrogen) atoms. The molecular formula is C30H33FN2O9S. The molecule has 2 N–H and O–H groups in total. The van der Waals surface area contributed by atoms with E-state index < -0.39 is 22.0 Å². The number of hydrogen-bond donors (Lipinski definition) is 2. The molecule has 0 saturated carbocycles. The third-order valence-electron chi connectivity index (χ3n) is 6.88. The van der Waals surface area contributed by atoms with Crippen molar-refractivity contribution in [2.45, 2.75) is 17.7 Å². The van der Waals surface area contributed by atoms with Crippen LogP contribution >= 0.6 is 0 Å². The first kappa shape index (κ1) is 33.0. The van der Waals surface area contributed by atoms with Crippen LogP contribution in [-0.2, 0) is 19.6 Å². The zero-order valence-electron chi connectivity index (χ0n) is 23.7. The molecule has 0 spiro atoms. The molecule has 3 aromatic carbocycles. The average molecular weight is 617 g/mol. The normalized spacial score (nSPS) is 13.7. The van der Waals surface area contributed by atoms with Gasteiger partial charge in [0.1, 0.15) is 17.3 Å². The summed E-state index contributed by atoms with van der Waals surface area (Å²) < 4.78 is 52.5. The summed E-state index contributed by atoms with van der Waals surface area (Å²) in [5, 5.41) is 14.8. The number of Topliss-reactive ketones (excluding diaryl/α,β-unsaturated/α-hetero) is 1. The number of sulfonamides is 1. The largest absolute Gasteiger partial charge is 0.497 e. The van der Waals surface area contributed by atoms with Crippen LogP contribution in [0.1, 0.15) is 23.2 Å².